The zero-order chi connectivity index (χ0) is 39.0. The van der Waals surface area contributed by atoms with Gasteiger partial charge < -0.3 is 15.0 Å². The number of allylic oxidation sites excluding steroid dienone is 3. The summed E-state index contributed by atoms with van der Waals surface area (Å²) >= 11 is 18.7. The van der Waals surface area contributed by atoms with E-state index in [2.05, 4.69) is 46.0 Å². The van der Waals surface area contributed by atoms with E-state index in [4.69, 9.17) is 49.5 Å². The Bertz CT molecular complexity index is 1880. The van der Waals surface area contributed by atoms with E-state index in [0.29, 0.717) is 84.2 Å². The number of carbonyl (C=O) groups excluding carboxylic acids is 2. The Labute approximate surface area is 335 Å². The molecule has 1 aliphatic carbocycles. The van der Waals surface area contributed by atoms with Crippen LogP contribution in [0.4, 0.5) is 4.79 Å². The number of carbonyl (C=O) groups is 2. The minimum absolute atomic E-state index is 0.0108. The van der Waals surface area contributed by atoms with Gasteiger partial charge in [-0.15, -0.1) is 0 Å². The van der Waals surface area contributed by atoms with Crippen LogP contribution in [0.2, 0.25) is 10.0 Å². The van der Waals surface area contributed by atoms with Gasteiger partial charge in [-0.2, -0.15) is 0 Å². The van der Waals surface area contributed by atoms with Crippen LogP contribution < -0.4 is 10.1 Å². The Morgan fingerprint density at radius 2 is 1.70 bits per heavy atom. The van der Waals surface area contributed by atoms with E-state index >= 15 is 0 Å². The molecule has 1 N–H and O–H groups in total. The first-order chi connectivity index (χ1) is 25.6. The van der Waals surface area contributed by atoms with Gasteiger partial charge in [0.2, 0.25) is 5.91 Å². The molecule has 1 unspecified atom stereocenters. The molecule has 0 bridgehead atoms. The predicted octanol–water partition coefficient (Wildman–Crippen LogP) is 10.3. The van der Waals surface area contributed by atoms with E-state index in [9.17, 15) is 9.59 Å². The van der Waals surface area contributed by atoms with Crippen LogP contribution in [0, 0.1) is 11.8 Å². The van der Waals surface area contributed by atoms with Gasteiger partial charge in [0.05, 0.1) is 24.3 Å². The zero-order valence-electron chi connectivity index (χ0n) is 32.2. The highest BCUT2D eigenvalue weighted by molar-refractivity contribution is 6.31. The third-order valence-electron chi connectivity index (χ3n) is 10.0. The average Bonchev–Trinajstić information content (AvgIpc) is 3.13. The molecule has 1 fully saturated rings. The van der Waals surface area contributed by atoms with E-state index in [0.717, 1.165) is 16.8 Å². The number of hydrogen-bond acceptors (Lipinski definition) is 5. The molecule has 3 amide bonds. The fraction of sp³-hybridized carbons (Fsp3) is 0.442. The summed E-state index contributed by atoms with van der Waals surface area (Å²) in [6, 6.07) is 16.8. The van der Waals surface area contributed by atoms with Gasteiger partial charge in [-0.05, 0) is 87.4 Å². The molecule has 1 aliphatic heterocycles. The molecule has 0 radical (unpaired) electrons. The summed E-state index contributed by atoms with van der Waals surface area (Å²) < 4.78 is 6.30. The van der Waals surface area contributed by atoms with Gasteiger partial charge in [-0.25, -0.2) is 4.79 Å². The van der Waals surface area contributed by atoms with E-state index in [-0.39, 0.29) is 35.7 Å². The second-order valence-electron chi connectivity index (χ2n) is 15.7. The number of likely N-dealkylation sites (tertiary alicyclic amines) is 1. The fourth-order valence-corrected chi connectivity index (χ4v) is 7.22. The van der Waals surface area contributed by atoms with Gasteiger partial charge >= 0.3 is 6.03 Å². The standard InChI is InChI=1S/C43H52Cl3N5O3/c1-7-54-37-25-38(42(2,3)4)47-27-36(37)40(49-43(5,6)32-13-17-34(45)18-14-32)51(28-30-11-15-33(44)16-12-30)41(53)50-21-19-29(20-22-50)24-39(52)48-26-31-9-8-10-35(46)23-31/h8-13,15-18,23,25,27,29,32H,7,14,19-22,24,26,28H2,1-6H3,(H,48,52). The maximum Gasteiger partial charge on any atom is 0.325 e. The number of hydrogen-bond donors (Lipinski definition) is 1. The fourth-order valence-electron chi connectivity index (χ4n) is 6.72. The Morgan fingerprint density at radius 3 is 2.33 bits per heavy atom. The molecule has 1 saturated heterocycles. The maximum absolute atomic E-state index is 15.0. The first kappa shape index (κ1) is 41.3. The number of nitrogens with one attached hydrogen (secondary N) is 1. The highest BCUT2D eigenvalue weighted by Gasteiger charge is 2.35. The topological polar surface area (TPSA) is 87.1 Å². The summed E-state index contributed by atoms with van der Waals surface area (Å²) in [5.74, 6) is 1.27. The van der Waals surface area contributed by atoms with Crippen molar-refractivity contribution in [2.24, 2.45) is 16.8 Å². The van der Waals surface area contributed by atoms with E-state index in [1.165, 1.54) is 0 Å². The lowest BCUT2D eigenvalue weighted by molar-refractivity contribution is -0.122. The number of urea groups is 1. The molecule has 1 atom stereocenters. The third kappa shape index (κ3) is 11.1. The molecular formula is C43H52Cl3N5O3. The summed E-state index contributed by atoms with van der Waals surface area (Å²) in [6.07, 6.45) is 10.3. The number of benzene rings is 2. The lowest BCUT2D eigenvalue weighted by Crippen LogP contribution is -2.50. The number of aromatic nitrogens is 1. The maximum atomic E-state index is 15.0. The SMILES string of the molecule is CCOc1cc(C(C)(C)C)ncc1C(=NC(C)(C)C1C=CC(Cl)=CC1)N(Cc1ccc(Cl)cc1)C(=O)N1CCC(CC(=O)NCc2cccc(Cl)c2)CC1. The number of nitrogens with zero attached hydrogens (tertiary/aromatic N) is 4. The van der Waals surface area contributed by atoms with Crippen molar-refractivity contribution in [1.82, 2.24) is 20.1 Å². The summed E-state index contributed by atoms with van der Waals surface area (Å²) in [6.45, 7) is 14.6. The van der Waals surface area contributed by atoms with Crippen molar-refractivity contribution >= 4 is 52.6 Å². The molecule has 2 heterocycles. The lowest BCUT2D eigenvalue weighted by atomic mass is 9.83. The summed E-state index contributed by atoms with van der Waals surface area (Å²) in [5, 5.41) is 4.98. The minimum atomic E-state index is -0.643. The molecule has 11 heteroatoms. The molecule has 288 valence electrons. The minimum Gasteiger partial charge on any atom is -0.493 e. The Balaban J connectivity index is 1.47. The van der Waals surface area contributed by atoms with Gasteiger partial charge in [0, 0.05) is 70.4 Å². The van der Waals surface area contributed by atoms with Crippen LogP contribution in [-0.2, 0) is 23.3 Å². The van der Waals surface area contributed by atoms with Crippen molar-refractivity contribution in [1.29, 1.82) is 0 Å². The second kappa shape index (κ2) is 18.2. The van der Waals surface area contributed by atoms with E-state index in [1.807, 2.05) is 78.6 Å². The first-order valence-corrected chi connectivity index (χ1v) is 19.9. The smallest absolute Gasteiger partial charge is 0.325 e. The lowest BCUT2D eigenvalue weighted by Gasteiger charge is -2.38. The van der Waals surface area contributed by atoms with E-state index in [1.54, 1.807) is 11.1 Å². The summed E-state index contributed by atoms with van der Waals surface area (Å²) in [7, 11) is 0. The van der Waals surface area contributed by atoms with Gasteiger partial charge in [-0.3, -0.25) is 19.7 Å². The molecule has 5 rings (SSSR count). The zero-order valence-corrected chi connectivity index (χ0v) is 34.4. The van der Waals surface area contributed by atoms with Gasteiger partial charge in [0.25, 0.3) is 0 Å². The second-order valence-corrected chi connectivity index (χ2v) is 17.0. The van der Waals surface area contributed by atoms with Crippen LogP contribution in [0.15, 0.2) is 89.0 Å². The van der Waals surface area contributed by atoms with Crippen molar-refractivity contribution in [3.63, 3.8) is 0 Å². The Hall–Kier alpha value is -3.85. The van der Waals surface area contributed by atoms with Crippen molar-refractivity contribution < 1.29 is 14.3 Å². The van der Waals surface area contributed by atoms with Crippen LogP contribution >= 0.6 is 34.8 Å². The number of halogens is 3. The number of amidine groups is 1. The summed E-state index contributed by atoms with van der Waals surface area (Å²) in [4.78, 5) is 41.9. The van der Waals surface area contributed by atoms with Gasteiger partial charge in [0.1, 0.15) is 11.6 Å². The Morgan fingerprint density at radius 1 is 0.981 bits per heavy atom. The molecule has 0 saturated carbocycles. The first-order valence-electron chi connectivity index (χ1n) is 18.7. The molecule has 0 spiro atoms. The van der Waals surface area contributed by atoms with Gasteiger partial charge in [-0.1, -0.05) is 92.0 Å². The third-order valence-corrected chi connectivity index (χ3v) is 10.8. The van der Waals surface area contributed by atoms with Gasteiger partial charge in [0.15, 0.2) is 0 Å². The van der Waals surface area contributed by atoms with Crippen LogP contribution in [0.1, 0.15) is 89.6 Å². The number of pyridine rings is 1. The quantitative estimate of drug-likeness (QED) is 0.155. The molecule has 3 aromatic rings. The monoisotopic (exact) mass is 791 g/mol. The van der Waals surface area contributed by atoms with Crippen LogP contribution in [0.25, 0.3) is 0 Å². The number of rotatable bonds is 11. The molecule has 8 nitrogen and oxygen atoms in total. The van der Waals surface area contributed by atoms with Crippen LogP contribution in [0.3, 0.4) is 0 Å². The molecule has 1 aromatic heterocycles. The van der Waals surface area contributed by atoms with Crippen molar-refractivity contribution in [2.75, 3.05) is 19.7 Å². The molecule has 2 aliphatic rings. The van der Waals surface area contributed by atoms with Crippen LogP contribution in [-0.4, -0.2) is 57.8 Å². The molecule has 2 aromatic carbocycles. The largest absolute Gasteiger partial charge is 0.493 e. The van der Waals surface area contributed by atoms with Crippen molar-refractivity contribution in [2.45, 2.75) is 91.3 Å². The highest BCUT2D eigenvalue weighted by atomic mass is 35.5. The van der Waals surface area contributed by atoms with Crippen molar-refractivity contribution in [3.05, 3.63) is 116 Å². The highest BCUT2D eigenvalue weighted by Crippen LogP contribution is 2.35. The average molecular weight is 793 g/mol. The number of piperidine rings is 1. The predicted molar refractivity (Wildman–Crippen MR) is 221 cm³/mol. The number of ether oxygens (including phenoxy) is 1. The van der Waals surface area contributed by atoms with Crippen LogP contribution in [0.5, 0.6) is 5.75 Å². The molecule has 54 heavy (non-hydrogen) atoms. The molecular weight excluding hydrogens is 741 g/mol. The van der Waals surface area contributed by atoms with E-state index < -0.39 is 5.54 Å². The van der Waals surface area contributed by atoms with Crippen molar-refractivity contribution in [3.8, 4) is 5.75 Å². The number of amides is 3. The Kier molecular flexibility index (Phi) is 13.9. The number of aliphatic imine (C=N–C) groups is 1. The normalized spacial score (nSPS) is 16.9. The summed E-state index contributed by atoms with van der Waals surface area (Å²) in [5.41, 5.74) is 2.49.